The van der Waals surface area contributed by atoms with E-state index in [0.29, 0.717) is 18.7 Å². The van der Waals surface area contributed by atoms with Gasteiger partial charge >= 0.3 is 0 Å². The Balaban J connectivity index is 1.88. The molecule has 3 nitrogen and oxygen atoms in total. The van der Waals surface area contributed by atoms with Crippen molar-refractivity contribution in [2.45, 2.75) is 13.1 Å². The van der Waals surface area contributed by atoms with Crippen molar-refractivity contribution in [3.63, 3.8) is 0 Å². The molecular weight excluding hydrogens is 352 g/mol. The van der Waals surface area contributed by atoms with Gasteiger partial charge in [0.2, 0.25) is 0 Å². The number of rotatable bonds is 5. The molecule has 3 aromatic rings. The van der Waals surface area contributed by atoms with Crippen LogP contribution in [0.15, 0.2) is 96.0 Å². The molecule has 0 spiro atoms. The zero-order valence-electron chi connectivity index (χ0n) is 15.3. The Morgan fingerprint density at radius 2 is 1.22 bits per heavy atom. The smallest absolute Gasteiger partial charge is 0.279 e. The van der Waals surface area contributed by atoms with Crippen molar-refractivity contribution in [3.8, 4) is 0 Å². The second kappa shape index (κ2) is 9.74. The molecule has 27 heavy (non-hydrogen) atoms. The van der Waals surface area contributed by atoms with Gasteiger partial charge in [-0.1, -0.05) is 90.6 Å². The fourth-order valence-corrected chi connectivity index (χ4v) is 3.34. The highest BCUT2D eigenvalue weighted by Crippen LogP contribution is 2.16. The van der Waals surface area contributed by atoms with Crippen LogP contribution in [0, 0.1) is 0 Å². The van der Waals surface area contributed by atoms with Crippen LogP contribution in [-0.2, 0) is 13.1 Å². The van der Waals surface area contributed by atoms with E-state index in [1.165, 1.54) is 22.9 Å². The molecule has 4 heteroatoms. The third-order valence-corrected chi connectivity index (χ3v) is 4.82. The average Bonchev–Trinajstić information content (AvgIpc) is 2.73. The van der Waals surface area contributed by atoms with E-state index in [1.54, 1.807) is 12.1 Å². The van der Waals surface area contributed by atoms with Gasteiger partial charge in [-0.15, -0.1) is 0 Å². The van der Waals surface area contributed by atoms with Crippen molar-refractivity contribution < 1.29 is 4.79 Å². The van der Waals surface area contributed by atoms with Crippen molar-refractivity contribution in [1.82, 2.24) is 4.90 Å². The lowest BCUT2D eigenvalue weighted by Gasteiger charge is -2.25. The summed E-state index contributed by atoms with van der Waals surface area (Å²) in [6, 6.07) is 29.7. The summed E-state index contributed by atoms with van der Waals surface area (Å²) >= 11 is 1.49. The van der Waals surface area contributed by atoms with Gasteiger partial charge in [0, 0.05) is 18.7 Å². The van der Waals surface area contributed by atoms with Crippen LogP contribution >= 0.6 is 11.8 Å². The van der Waals surface area contributed by atoms with Crippen molar-refractivity contribution in [3.05, 3.63) is 108 Å². The Kier molecular flexibility index (Phi) is 6.83. The molecule has 0 saturated heterocycles. The number of nitrogens with zero attached hydrogens (tertiary/aromatic N) is 2. The Bertz CT molecular complexity index is 839. The van der Waals surface area contributed by atoms with Crippen LogP contribution in [0.25, 0.3) is 0 Å². The normalized spacial score (nSPS) is 11.2. The van der Waals surface area contributed by atoms with E-state index >= 15 is 0 Å². The number of thioether (sulfide) groups is 1. The second-order valence-electron chi connectivity index (χ2n) is 6.10. The fourth-order valence-electron chi connectivity index (χ4n) is 2.78. The molecule has 0 fully saturated rings. The maximum absolute atomic E-state index is 12.6. The standard InChI is InChI=1S/C23H22N2OS/c1-27-23(24-22(26)21-15-9-4-10-16-21)25(17-19-11-5-2-6-12-19)18-20-13-7-3-8-14-20/h2-16H,17-18H2,1H3. The summed E-state index contributed by atoms with van der Waals surface area (Å²) in [5.41, 5.74) is 2.97. The molecule has 0 radical (unpaired) electrons. The lowest BCUT2D eigenvalue weighted by Crippen LogP contribution is -2.28. The Morgan fingerprint density at radius 1 is 0.778 bits per heavy atom. The first-order valence-electron chi connectivity index (χ1n) is 8.81. The van der Waals surface area contributed by atoms with Crippen LogP contribution in [0.4, 0.5) is 0 Å². The summed E-state index contributed by atoms with van der Waals surface area (Å²) in [4.78, 5) is 19.2. The summed E-state index contributed by atoms with van der Waals surface area (Å²) in [5, 5.41) is 0.719. The second-order valence-corrected chi connectivity index (χ2v) is 6.87. The van der Waals surface area contributed by atoms with Crippen molar-refractivity contribution in [2.75, 3.05) is 6.26 Å². The van der Waals surface area contributed by atoms with Crippen molar-refractivity contribution >= 4 is 22.8 Å². The number of amidine groups is 1. The van der Waals surface area contributed by atoms with E-state index in [1.807, 2.05) is 60.9 Å². The van der Waals surface area contributed by atoms with Crippen LogP contribution in [-0.4, -0.2) is 22.2 Å². The first kappa shape index (κ1) is 18.9. The van der Waals surface area contributed by atoms with E-state index in [4.69, 9.17) is 0 Å². The summed E-state index contributed by atoms with van der Waals surface area (Å²) in [6.45, 7) is 1.38. The molecule has 136 valence electrons. The van der Waals surface area contributed by atoms with Gasteiger partial charge in [-0.3, -0.25) is 4.79 Å². The topological polar surface area (TPSA) is 32.7 Å². The van der Waals surface area contributed by atoms with Crippen LogP contribution < -0.4 is 0 Å². The minimum Gasteiger partial charge on any atom is -0.342 e. The van der Waals surface area contributed by atoms with Gasteiger partial charge in [-0.05, 0) is 29.5 Å². The zero-order chi connectivity index (χ0) is 18.9. The van der Waals surface area contributed by atoms with Gasteiger partial charge in [0.15, 0.2) is 5.17 Å². The third kappa shape index (κ3) is 5.56. The first-order chi connectivity index (χ1) is 13.3. The predicted molar refractivity (Wildman–Crippen MR) is 114 cm³/mol. The van der Waals surface area contributed by atoms with E-state index in [9.17, 15) is 4.79 Å². The van der Waals surface area contributed by atoms with Gasteiger partial charge in [0.25, 0.3) is 5.91 Å². The molecule has 0 N–H and O–H groups in total. The molecule has 0 aliphatic heterocycles. The Hall–Kier alpha value is -2.85. The quantitative estimate of drug-likeness (QED) is 0.452. The SMILES string of the molecule is CSC(=NC(=O)c1ccccc1)N(Cc1ccccc1)Cc1ccccc1. The largest absolute Gasteiger partial charge is 0.342 e. The highest BCUT2D eigenvalue weighted by atomic mass is 32.2. The lowest BCUT2D eigenvalue weighted by atomic mass is 10.2. The number of benzene rings is 3. The van der Waals surface area contributed by atoms with Gasteiger partial charge in [0.1, 0.15) is 0 Å². The lowest BCUT2D eigenvalue weighted by molar-refractivity contribution is 0.100. The number of carbonyl (C=O) groups excluding carboxylic acids is 1. The highest BCUT2D eigenvalue weighted by Gasteiger charge is 2.15. The molecule has 0 atom stereocenters. The van der Waals surface area contributed by atoms with Gasteiger partial charge in [-0.25, -0.2) is 0 Å². The molecule has 1 amide bonds. The van der Waals surface area contributed by atoms with Gasteiger partial charge in [0.05, 0.1) is 0 Å². The zero-order valence-corrected chi connectivity index (χ0v) is 16.1. The third-order valence-electron chi connectivity index (χ3n) is 4.10. The van der Waals surface area contributed by atoms with Gasteiger partial charge < -0.3 is 4.90 Å². The summed E-state index contributed by atoms with van der Waals surface area (Å²) in [7, 11) is 0. The molecule has 0 aromatic heterocycles. The molecule has 0 heterocycles. The first-order valence-corrected chi connectivity index (χ1v) is 10.0. The van der Waals surface area contributed by atoms with E-state index in [0.717, 1.165) is 5.17 Å². The Morgan fingerprint density at radius 3 is 1.67 bits per heavy atom. The van der Waals surface area contributed by atoms with Crippen molar-refractivity contribution in [1.29, 1.82) is 0 Å². The van der Waals surface area contributed by atoms with E-state index in [-0.39, 0.29) is 5.91 Å². The summed E-state index contributed by atoms with van der Waals surface area (Å²) < 4.78 is 0. The van der Waals surface area contributed by atoms with Crippen LogP contribution in [0.1, 0.15) is 21.5 Å². The molecule has 0 saturated carbocycles. The van der Waals surface area contributed by atoms with Crippen molar-refractivity contribution in [2.24, 2.45) is 4.99 Å². The number of aliphatic imine (C=N–C) groups is 1. The average molecular weight is 375 g/mol. The summed E-state index contributed by atoms with van der Waals surface area (Å²) in [6.07, 6.45) is 1.96. The fraction of sp³-hybridized carbons (Fsp3) is 0.130. The molecule has 3 rings (SSSR count). The molecular formula is C23H22N2OS. The maximum atomic E-state index is 12.6. The number of amides is 1. The minimum absolute atomic E-state index is 0.217. The molecule has 0 aliphatic carbocycles. The number of hydrogen-bond acceptors (Lipinski definition) is 2. The van der Waals surface area contributed by atoms with Gasteiger partial charge in [-0.2, -0.15) is 4.99 Å². The highest BCUT2D eigenvalue weighted by molar-refractivity contribution is 8.13. The Labute approximate surface area is 164 Å². The molecule has 0 aliphatic rings. The predicted octanol–water partition coefficient (Wildman–Crippen LogP) is 5.25. The van der Waals surface area contributed by atoms with E-state index < -0.39 is 0 Å². The molecule has 0 bridgehead atoms. The van der Waals surface area contributed by atoms with E-state index in [2.05, 4.69) is 34.2 Å². The van der Waals surface area contributed by atoms with Crippen LogP contribution in [0.5, 0.6) is 0 Å². The maximum Gasteiger partial charge on any atom is 0.279 e. The summed E-state index contributed by atoms with van der Waals surface area (Å²) in [5.74, 6) is -0.217. The number of hydrogen-bond donors (Lipinski definition) is 0. The minimum atomic E-state index is -0.217. The molecule has 0 unspecified atom stereocenters. The van der Waals surface area contributed by atoms with Crippen LogP contribution in [0.2, 0.25) is 0 Å². The number of carbonyl (C=O) groups is 1. The van der Waals surface area contributed by atoms with Crippen LogP contribution in [0.3, 0.4) is 0 Å². The monoisotopic (exact) mass is 374 g/mol. The molecule has 3 aromatic carbocycles.